The maximum atomic E-state index is 11.6. The van der Waals surface area contributed by atoms with Crippen molar-refractivity contribution < 1.29 is 14.3 Å². The topological polar surface area (TPSA) is 64.6 Å². The highest BCUT2D eigenvalue weighted by atomic mass is 16.5. The van der Waals surface area contributed by atoms with E-state index >= 15 is 0 Å². The zero-order valence-corrected chi connectivity index (χ0v) is 14.2. The van der Waals surface area contributed by atoms with Gasteiger partial charge in [-0.05, 0) is 23.8 Å². The van der Waals surface area contributed by atoms with Crippen molar-refractivity contribution in [2.75, 3.05) is 20.2 Å². The number of amides is 1. The van der Waals surface area contributed by atoms with Gasteiger partial charge in [-0.15, -0.1) is 0 Å². The van der Waals surface area contributed by atoms with E-state index in [0.29, 0.717) is 19.0 Å². The Morgan fingerprint density at radius 1 is 1.36 bits per heavy atom. The number of likely N-dealkylation sites (tertiary alicyclic amines) is 1. The van der Waals surface area contributed by atoms with Crippen molar-refractivity contribution in [1.82, 2.24) is 14.9 Å². The molecule has 1 aromatic heterocycles. The van der Waals surface area contributed by atoms with Crippen LogP contribution < -0.4 is 9.47 Å². The van der Waals surface area contributed by atoms with Gasteiger partial charge in [-0.1, -0.05) is 18.7 Å². The number of methoxy groups -OCH3 is 1. The van der Waals surface area contributed by atoms with Crippen LogP contribution >= 0.6 is 0 Å². The maximum Gasteiger partial charge on any atom is 0.245 e. The lowest BCUT2D eigenvalue weighted by Crippen LogP contribution is -2.41. The Morgan fingerprint density at radius 2 is 2.16 bits per heavy atom. The van der Waals surface area contributed by atoms with E-state index in [9.17, 15) is 4.79 Å². The fourth-order valence-corrected chi connectivity index (χ4v) is 2.93. The predicted octanol–water partition coefficient (Wildman–Crippen LogP) is 2.71. The number of piperidine rings is 1. The smallest absolute Gasteiger partial charge is 0.245 e. The van der Waals surface area contributed by atoms with Gasteiger partial charge in [0.05, 0.1) is 12.7 Å². The van der Waals surface area contributed by atoms with Crippen molar-refractivity contribution in [3.63, 3.8) is 0 Å². The molecule has 3 rings (SSSR count). The highest BCUT2D eigenvalue weighted by molar-refractivity contribution is 5.87. The molecule has 25 heavy (non-hydrogen) atoms. The summed E-state index contributed by atoms with van der Waals surface area (Å²) in [6.07, 6.45) is 6.26. The minimum atomic E-state index is -0.0170. The van der Waals surface area contributed by atoms with Crippen LogP contribution in [0.25, 0.3) is 11.1 Å². The number of rotatable bonds is 5. The van der Waals surface area contributed by atoms with Gasteiger partial charge >= 0.3 is 0 Å². The molecule has 0 radical (unpaired) electrons. The van der Waals surface area contributed by atoms with E-state index in [4.69, 9.17) is 9.47 Å². The van der Waals surface area contributed by atoms with Gasteiger partial charge in [-0.2, -0.15) is 0 Å². The van der Waals surface area contributed by atoms with Crippen molar-refractivity contribution in [3.05, 3.63) is 49.4 Å². The number of hydrogen-bond donors (Lipinski definition) is 0. The lowest BCUT2D eigenvalue weighted by atomic mass is 10.1. The van der Waals surface area contributed by atoms with Crippen LogP contribution in [0.2, 0.25) is 0 Å². The minimum Gasteiger partial charge on any atom is -0.490 e. The van der Waals surface area contributed by atoms with E-state index in [-0.39, 0.29) is 12.0 Å². The van der Waals surface area contributed by atoms with Crippen LogP contribution in [0.5, 0.6) is 11.6 Å². The largest absolute Gasteiger partial charge is 0.490 e. The summed E-state index contributed by atoms with van der Waals surface area (Å²) in [7, 11) is 1.59. The summed E-state index contributed by atoms with van der Waals surface area (Å²) in [5.41, 5.74) is 1.76. The van der Waals surface area contributed by atoms with Gasteiger partial charge in [0.2, 0.25) is 11.8 Å². The fraction of sp³-hybridized carbons (Fsp3) is 0.316. The monoisotopic (exact) mass is 339 g/mol. The molecule has 0 N–H and O–H groups in total. The molecule has 1 saturated heterocycles. The molecule has 1 amide bonds. The lowest BCUT2D eigenvalue weighted by molar-refractivity contribution is -0.127. The number of benzene rings is 1. The van der Waals surface area contributed by atoms with Crippen LogP contribution in [0, 0.1) is 0 Å². The molecule has 2 heterocycles. The van der Waals surface area contributed by atoms with Crippen LogP contribution in [0.1, 0.15) is 12.8 Å². The number of hydrogen-bond acceptors (Lipinski definition) is 5. The molecule has 2 aromatic rings. The van der Waals surface area contributed by atoms with Crippen LogP contribution in [0.3, 0.4) is 0 Å². The summed E-state index contributed by atoms with van der Waals surface area (Å²) in [5, 5.41) is 0. The third-order valence-corrected chi connectivity index (χ3v) is 4.25. The van der Waals surface area contributed by atoms with Crippen LogP contribution in [-0.2, 0) is 4.79 Å². The first-order chi connectivity index (χ1) is 12.2. The maximum absolute atomic E-state index is 11.6. The Kier molecular flexibility index (Phi) is 5.28. The normalized spacial score (nSPS) is 14.8. The molecule has 1 aliphatic heterocycles. The third kappa shape index (κ3) is 3.96. The number of carbonyl (C=O) groups excluding carboxylic acids is 1. The van der Waals surface area contributed by atoms with Crippen LogP contribution in [0.4, 0.5) is 0 Å². The first-order valence-corrected chi connectivity index (χ1v) is 8.23. The summed E-state index contributed by atoms with van der Waals surface area (Å²) in [4.78, 5) is 21.6. The van der Waals surface area contributed by atoms with Gasteiger partial charge in [-0.25, -0.2) is 9.97 Å². The van der Waals surface area contributed by atoms with E-state index in [0.717, 1.165) is 29.7 Å². The summed E-state index contributed by atoms with van der Waals surface area (Å²) in [6, 6.07) is 7.80. The molecule has 0 saturated carbocycles. The first-order valence-electron chi connectivity index (χ1n) is 8.23. The second-order valence-corrected chi connectivity index (χ2v) is 5.82. The highest BCUT2D eigenvalue weighted by Gasteiger charge is 2.22. The zero-order chi connectivity index (χ0) is 17.6. The van der Waals surface area contributed by atoms with E-state index in [2.05, 4.69) is 16.5 Å². The molecule has 6 nitrogen and oxygen atoms in total. The molecule has 1 aliphatic rings. The molecule has 6 heteroatoms. The van der Waals surface area contributed by atoms with Gasteiger partial charge in [-0.3, -0.25) is 4.79 Å². The lowest BCUT2D eigenvalue weighted by Gasteiger charge is -2.31. The average Bonchev–Trinajstić information content (AvgIpc) is 2.68. The van der Waals surface area contributed by atoms with Gasteiger partial charge in [0.15, 0.2) is 0 Å². The Bertz CT molecular complexity index is 755. The predicted molar refractivity (Wildman–Crippen MR) is 94.4 cm³/mol. The molecule has 1 aromatic carbocycles. The molecule has 0 aliphatic carbocycles. The SMILES string of the molecule is C=CC(=O)N1CCC(Oc2cccc(-c3cncnc3OC)c2)CC1. The molecule has 0 spiro atoms. The molecule has 0 unspecified atom stereocenters. The van der Waals surface area contributed by atoms with Gasteiger partial charge in [0.1, 0.15) is 18.2 Å². The van der Waals surface area contributed by atoms with Crippen molar-refractivity contribution >= 4 is 5.91 Å². The Hall–Kier alpha value is -2.89. The number of carbonyl (C=O) groups is 1. The Labute approximate surface area is 147 Å². The summed E-state index contributed by atoms with van der Waals surface area (Å²) >= 11 is 0. The van der Waals surface area contributed by atoms with Crippen molar-refractivity contribution in [2.24, 2.45) is 0 Å². The second kappa shape index (κ2) is 7.79. The molecule has 130 valence electrons. The number of nitrogens with zero attached hydrogens (tertiary/aromatic N) is 3. The minimum absolute atomic E-state index is 0.0170. The van der Waals surface area contributed by atoms with E-state index in [1.165, 1.54) is 12.4 Å². The quantitative estimate of drug-likeness (QED) is 0.784. The summed E-state index contributed by atoms with van der Waals surface area (Å²) in [6.45, 7) is 4.91. The first kappa shape index (κ1) is 17.0. The van der Waals surface area contributed by atoms with Gasteiger partial charge < -0.3 is 14.4 Å². The standard InChI is InChI=1S/C19H21N3O3/c1-3-18(23)22-9-7-15(8-10-22)25-16-6-4-5-14(11-16)17-12-20-13-21-19(17)24-2/h3-6,11-13,15H,1,7-10H2,2H3. The molecular weight excluding hydrogens is 318 g/mol. The molecular formula is C19H21N3O3. The van der Waals surface area contributed by atoms with Crippen molar-refractivity contribution in [1.29, 1.82) is 0 Å². The molecule has 0 atom stereocenters. The zero-order valence-electron chi connectivity index (χ0n) is 14.2. The van der Waals surface area contributed by atoms with Gasteiger partial charge in [0.25, 0.3) is 0 Å². The van der Waals surface area contributed by atoms with Crippen LogP contribution in [0.15, 0.2) is 49.4 Å². The van der Waals surface area contributed by atoms with E-state index < -0.39 is 0 Å². The average molecular weight is 339 g/mol. The van der Waals surface area contributed by atoms with Crippen LogP contribution in [-0.4, -0.2) is 47.1 Å². The van der Waals surface area contributed by atoms with Crippen molar-refractivity contribution in [3.8, 4) is 22.8 Å². The molecule has 1 fully saturated rings. The molecule has 0 bridgehead atoms. The second-order valence-electron chi connectivity index (χ2n) is 5.82. The van der Waals surface area contributed by atoms with Gasteiger partial charge in [0, 0.05) is 32.1 Å². The Balaban J connectivity index is 1.69. The Morgan fingerprint density at radius 3 is 2.88 bits per heavy atom. The fourth-order valence-electron chi connectivity index (χ4n) is 2.93. The van der Waals surface area contributed by atoms with Crippen molar-refractivity contribution in [2.45, 2.75) is 18.9 Å². The summed E-state index contributed by atoms with van der Waals surface area (Å²) in [5.74, 6) is 1.30. The third-order valence-electron chi connectivity index (χ3n) is 4.25. The number of ether oxygens (including phenoxy) is 2. The van der Waals surface area contributed by atoms with E-state index in [1.54, 1.807) is 18.2 Å². The summed E-state index contributed by atoms with van der Waals surface area (Å²) < 4.78 is 11.4. The highest BCUT2D eigenvalue weighted by Crippen LogP contribution is 2.30. The van der Waals surface area contributed by atoms with E-state index in [1.807, 2.05) is 24.3 Å². The number of aromatic nitrogens is 2.